The smallest absolute Gasteiger partial charge is 0.387 e. The van der Waals surface area contributed by atoms with E-state index in [1.54, 1.807) is 12.1 Å². The summed E-state index contributed by atoms with van der Waals surface area (Å²) in [5.41, 5.74) is 1.87. The first-order chi connectivity index (χ1) is 9.54. The standard InChI is InChI=1S/C15H14F2INO/c1-10(19-13-7-5-12(18)6-8-13)11-3-2-4-14(9-11)20-15(16)17/h2-10,15,19H,1H3. The SMILES string of the molecule is CC(Nc1ccc(I)cc1)c1cccc(OC(F)F)c1. The van der Waals surface area contributed by atoms with Crippen LogP contribution < -0.4 is 10.1 Å². The van der Waals surface area contributed by atoms with Crippen LogP contribution in [0.3, 0.4) is 0 Å². The minimum Gasteiger partial charge on any atom is -0.435 e. The highest BCUT2D eigenvalue weighted by molar-refractivity contribution is 14.1. The zero-order chi connectivity index (χ0) is 14.5. The monoisotopic (exact) mass is 389 g/mol. The zero-order valence-corrected chi connectivity index (χ0v) is 13.0. The van der Waals surface area contributed by atoms with E-state index < -0.39 is 6.61 Å². The van der Waals surface area contributed by atoms with E-state index in [0.717, 1.165) is 14.8 Å². The van der Waals surface area contributed by atoms with Gasteiger partial charge in [-0.05, 0) is 71.5 Å². The largest absolute Gasteiger partial charge is 0.435 e. The Morgan fingerprint density at radius 3 is 2.45 bits per heavy atom. The summed E-state index contributed by atoms with van der Waals surface area (Å²) in [7, 11) is 0. The van der Waals surface area contributed by atoms with Crippen molar-refractivity contribution in [2.75, 3.05) is 5.32 Å². The number of hydrogen-bond donors (Lipinski definition) is 1. The second kappa shape index (κ2) is 6.88. The highest BCUT2D eigenvalue weighted by Crippen LogP contribution is 2.24. The average Bonchev–Trinajstić information content (AvgIpc) is 2.41. The van der Waals surface area contributed by atoms with E-state index in [-0.39, 0.29) is 11.8 Å². The average molecular weight is 389 g/mol. The summed E-state index contributed by atoms with van der Waals surface area (Å²) < 4.78 is 30.0. The van der Waals surface area contributed by atoms with Crippen molar-refractivity contribution in [2.24, 2.45) is 0 Å². The van der Waals surface area contributed by atoms with Crippen molar-refractivity contribution in [3.63, 3.8) is 0 Å². The maximum absolute atomic E-state index is 12.2. The third-order valence-electron chi connectivity index (χ3n) is 2.81. The Kier molecular flexibility index (Phi) is 5.17. The number of halogens is 3. The predicted octanol–water partition coefficient (Wildman–Crippen LogP) is 5.07. The molecule has 0 aliphatic carbocycles. The molecule has 2 aromatic rings. The zero-order valence-electron chi connectivity index (χ0n) is 10.8. The quantitative estimate of drug-likeness (QED) is 0.722. The fraction of sp³-hybridized carbons (Fsp3) is 0.200. The lowest BCUT2D eigenvalue weighted by Gasteiger charge is -2.16. The van der Waals surface area contributed by atoms with Crippen LogP contribution in [0.2, 0.25) is 0 Å². The summed E-state index contributed by atoms with van der Waals surface area (Å²) in [6, 6.07) is 14.7. The maximum atomic E-state index is 12.2. The van der Waals surface area contributed by atoms with Crippen LogP contribution in [0, 0.1) is 3.57 Å². The maximum Gasteiger partial charge on any atom is 0.387 e. The molecule has 5 heteroatoms. The number of benzene rings is 2. The molecule has 1 atom stereocenters. The molecular formula is C15H14F2INO. The molecule has 0 saturated heterocycles. The van der Waals surface area contributed by atoms with Crippen molar-refractivity contribution < 1.29 is 13.5 Å². The topological polar surface area (TPSA) is 21.3 Å². The minimum absolute atomic E-state index is 0.00344. The molecule has 1 N–H and O–H groups in total. The molecule has 0 spiro atoms. The summed E-state index contributed by atoms with van der Waals surface area (Å²) in [6.45, 7) is -0.830. The molecule has 0 saturated carbocycles. The molecule has 2 rings (SSSR count). The van der Waals surface area contributed by atoms with E-state index in [1.807, 2.05) is 37.3 Å². The Bertz CT molecular complexity index is 560. The van der Waals surface area contributed by atoms with E-state index in [9.17, 15) is 8.78 Å². The molecule has 2 nitrogen and oxygen atoms in total. The fourth-order valence-electron chi connectivity index (χ4n) is 1.84. The Morgan fingerprint density at radius 1 is 1.10 bits per heavy atom. The van der Waals surface area contributed by atoms with Gasteiger partial charge in [-0.15, -0.1) is 0 Å². The van der Waals surface area contributed by atoms with Crippen LogP contribution in [0.5, 0.6) is 5.75 Å². The van der Waals surface area contributed by atoms with Crippen LogP contribution in [0.4, 0.5) is 14.5 Å². The third-order valence-corrected chi connectivity index (χ3v) is 3.53. The molecule has 106 valence electrons. The molecule has 0 heterocycles. The van der Waals surface area contributed by atoms with Crippen molar-refractivity contribution in [3.8, 4) is 5.75 Å². The number of alkyl halides is 2. The van der Waals surface area contributed by atoms with Gasteiger partial charge in [0.25, 0.3) is 0 Å². The highest BCUT2D eigenvalue weighted by Gasteiger charge is 2.09. The Hall–Kier alpha value is -1.37. The van der Waals surface area contributed by atoms with Crippen molar-refractivity contribution in [2.45, 2.75) is 19.6 Å². The van der Waals surface area contributed by atoms with Gasteiger partial charge in [0.15, 0.2) is 0 Å². The van der Waals surface area contributed by atoms with Crippen LogP contribution in [0.15, 0.2) is 48.5 Å². The number of hydrogen-bond acceptors (Lipinski definition) is 2. The normalized spacial score (nSPS) is 12.2. The van der Waals surface area contributed by atoms with Gasteiger partial charge in [0.05, 0.1) is 0 Å². The lowest BCUT2D eigenvalue weighted by Crippen LogP contribution is -2.07. The molecule has 0 radical (unpaired) electrons. The van der Waals surface area contributed by atoms with Gasteiger partial charge in [0.2, 0.25) is 0 Å². The predicted molar refractivity (Wildman–Crippen MR) is 84.3 cm³/mol. The van der Waals surface area contributed by atoms with E-state index in [4.69, 9.17) is 0 Å². The Balaban J connectivity index is 2.08. The van der Waals surface area contributed by atoms with Crippen molar-refractivity contribution in [1.29, 1.82) is 0 Å². The first-order valence-electron chi connectivity index (χ1n) is 6.11. The van der Waals surface area contributed by atoms with Crippen molar-refractivity contribution >= 4 is 28.3 Å². The Labute approximate surface area is 130 Å². The van der Waals surface area contributed by atoms with Crippen molar-refractivity contribution in [3.05, 3.63) is 57.7 Å². The number of nitrogens with one attached hydrogen (secondary N) is 1. The molecule has 2 aromatic carbocycles. The first-order valence-corrected chi connectivity index (χ1v) is 7.19. The summed E-state index contributed by atoms with van der Waals surface area (Å²) in [6.07, 6.45) is 0. The van der Waals surface area contributed by atoms with Crippen LogP contribution in [-0.4, -0.2) is 6.61 Å². The summed E-state index contributed by atoms with van der Waals surface area (Å²) in [4.78, 5) is 0. The Morgan fingerprint density at radius 2 is 1.80 bits per heavy atom. The molecule has 20 heavy (non-hydrogen) atoms. The van der Waals surface area contributed by atoms with Gasteiger partial charge in [-0.2, -0.15) is 8.78 Å². The molecular weight excluding hydrogens is 375 g/mol. The number of anilines is 1. The molecule has 0 fully saturated rings. The van der Waals surface area contributed by atoms with E-state index in [0.29, 0.717) is 0 Å². The molecule has 0 bridgehead atoms. The van der Waals surface area contributed by atoms with Gasteiger partial charge in [-0.1, -0.05) is 12.1 Å². The van der Waals surface area contributed by atoms with Gasteiger partial charge >= 0.3 is 6.61 Å². The first kappa shape index (κ1) is 15.0. The van der Waals surface area contributed by atoms with Gasteiger partial charge in [0.1, 0.15) is 5.75 Å². The summed E-state index contributed by atoms with van der Waals surface area (Å²) in [5, 5.41) is 3.32. The van der Waals surface area contributed by atoms with E-state index >= 15 is 0 Å². The number of ether oxygens (including phenoxy) is 1. The van der Waals surface area contributed by atoms with Gasteiger partial charge in [0, 0.05) is 15.3 Å². The molecule has 0 aromatic heterocycles. The van der Waals surface area contributed by atoms with E-state index in [1.165, 1.54) is 6.07 Å². The molecule has 0 aliphatic rings. The summed E-state index contributed by atoms with van der Waals surface area (Å²) >= 11 is 2.24. The fourth-order valence-corrected chi connectivity index (χ4v) is 2.20. The van der Waals surface area contributed by atoms with Crippen LogP contribution in [0.25, 0.3) is 0 Å². The lowest BCUT2D eigenvalue weighted by atomic mass is 10.1. The van der Waals surface area contributed by atoms with Gasteiger partial charge in [-0.25, -0.2) is 0 Å². The second-order valence-electron chi connectivity index (χ2n) is 4.32. The second-order valence-corrected chi connectivity index (χ2v) is 5.57. The van der Waals surface area contributed by atoms with Gasteiger partial charge in [-0.3, -0.25) is 0 Å². The number of rotatable bonds is 5. The molecule has 1 unspecified atom stereocenters. The minimum atomic E-state index is -2.80. The van der Waals surface area contributed by atoms with Gasteiger partial charge < -0.3 is 10.1 Å². The van der Waals surface area contributed by atoms with Crippen molar-refractivity contribution in [1.82, 2.24) is 0 Å². The van der Waals surface area contributed by atoms with Crippen LogP contribution in [-0.2, 0) is 0 Å². The third kappa shape index (κ3) is 4.33. The van der Waals surface area contributed by atoms with Crippen LogP contribution >= 0.6 is 22.6 Å². The van der Waals surface area contributed by atoms with E-state index in [2.05, 4.69) is 32.6 Å². The molecule has 0 amide bonds. The van der Waals surface area contributed by atoms with Crippen LogP contribution in [0.1, 0.15) is 18.5 Å². The summed E-state index contributed by atoms with van der Waals surface area (Å²) in [5.74, 6) is 0.175. The molecule has 0 aliphatic heterocycles. The highest BCUT2D eigenvalue weighted by atomic mass is 127. The lowest BCUT2D eigenvalue weighted by molar-refractivity contribution is -0.0498.